The van der Waals surface area contributed by atoms with E-state index in [4.69, 9.17) is 0 Å². The Bertz CT molecular complexity index is 801. The average molecular weight is 384 g/mol. The van der Waals surface area contributed by atoms with E-state index in [1.165, 1.54) is 0 Å². The fourth-order valence-corrected chi connectivity index (χ4v) is 4.97. The maximum Gasteiger partial charge on any atom is 0.250 e. The first kappa shape index (κ1) is 18.9. The molecule has 3 amide bonds. The topological polar surface area (TPSA) is 73.0 Å². The average Bonchev–Trinajstić information content (AvgIpc) is 3.32. The van der Waals surface area contributed by atoms with Gasteiger partial charge in [-0.15, -0.1) is 0 Å². The molecule has 0 radical (unpaired) electrons. The van der Waals surface area contributed by atoms with Gasteiger partial charge in [0.15, 0.2) is 0 Å². The Labute approximate surface area is 165 Å². The first-order chi connectivity index (χ1) is 13.4. The summed E-state index contributed by atoms with van der Waals surface area (Å²) in [6, 6.07) is 7.24. The number of rotatable bonds is 3. The van der Waals surface area contributed by atoms with Crippen molar-refractivity contribution in [3.63, 3.8) is 0 Å². The molecule has 0 aromatic heterocycles. The second-order valence-corrected chi connectivity index (χ2v) is 8.30. The second-order valence-electron chi connectivity index (χ2n) is 8.30. The molecule has 3 aliphatic rings. The molecule has 4 rings (SSSR count). The zero-order chi connectivity index (χ0) is 19.9. The summed E-state index contributed by atoms with van der Waals surface area (Å²) in [5.74, 6) is -0.139. The number of hydrogen-bond donors (Lipinski definition) is 1. The molecular formula is C21H28N4O3. The third-order valence-corrected chi connectivity index (χ3v) is 6.35. The maximum atomic E-state index is 13.5. The normalized spacial score (nSPS) is 23.6. The number of anilines is 2. The molecule has 1 atom stereocenters. The van der Waals surface area contributed by atoms with E-state index in [1.807, 2.05) is 29.2 Å². The van der Waals surface area contributed by atoms with Crippen molar-refractivity contribution in [3.8, 4) is 0 Å². The van der Waals surface area contributed by atoms with Crippen LogP contribution in [0.25, 0.3) is 0 Å². The van der Waals surface area contributed by atoms with Crippen LogP contribution in [0.4, 0.5) is 11.4 Å². The first-order valence-electron chi connectivity index (χ1n) is 10.1. The summed E-state index contributed by atoms with van der Waals surface area (Å²) in [6.45, 7) is 0.887. The quantitative estimate of drug-likeness (QED) is 0.863. The summed E-state index contributed by atoms with van der Waals surface area (Å²) in [7, 11) is 3.50. The Kier molecular flexibility index (Phi) is 4.87. The van der Waals surface area contributed by atoms with E-state index in [0.29, 0.717) is 18.5 Å². The first-order valence-corrected chi connectivity index (χ1v) is 10.1. The summed E-state index contributed by atoms with van der Waals surface area (Å²) in [4.78, 5) is 44.4. The number of carbonyl (C=O) groups is 3. The number of para-hydroxylation sites is 2. The number of benzene rings is 1. The Morgan fingerprint density at radius 3 is 2.61 bits per heavy atom. The highest BCUT2D eigenvalue weighted by Crippen LogP contribution is 2.45. The molecular weight excluding hydrogens is 356 g/mol. The number of amides is 3. The number of nitrogens with zero attached hydrogens (tertiary/aromatic N) is 3. The van der Waals surface area contributed by atoms with Gasteiger partial charge in [0.2, 0.25) is 11.8 Å². The minimum atomic E-state index is -0.799. The van der Waals surface area contributed by atoms with Crippen LogP contribution in [-0.2, 0) is 14.4 Å². The second kappa shape index (κ2) is 7.20. The minimum Gasteiger partial charge on any atom is -0.347 e. The number of likely N-dealkylation sites (tertiary alicyclic amines) is 1. The van der Waals surface area contributed by atoms with Crippen molar-refractivity contribution in [2.24, 2.45) is 0 Å². The third-order valence-electron chi connectivity index (χ3n) is 6.35. The highest BCUT2D eigenvalue weighted by atomic mass is 16.2. The fraction of sp³-hybridized carbons (Fsp3) is 0.571. The summed E-state index contributed by atoms with van der Waals surface area (Å²) >= 11 is 0. The van der Waals surface area contributed by atoms with Gasteiger partial charge >= 0.3 is 0 Å². The number of nitrogens with one attached hydrogen (secondary N) is 1. The van der Waals surface area contributed by atoms with Crippen molar-refractivity contribution in [2.75, 3.05) is 37.4 Å². The molecule has 1 aromatic carbocycles. The smallest absolute Gasteiger partial charge is 0.250 e. The van der Waals surface area contributed by atoms with Gasteiger partial charge in [-0.3, -0.25) is 24.2 Å². The van der Waals surface area contributed by atoms with E-state index < -0.39 is 5.54 Å². The molecule has 7 nitrogen and oxygen atoms in total. The maximum absolute atomic E-state index is 13.5. The molecule has 1 saturated carbocycles. The zero-order valence-corrected chi connectivity index (χ0v) is 16.6. The lowest BCUT2D eigenvalue weighted by Gasteiger charge is -2.45. The molecule has 1 unspecified atom stereocenters. The van der Waals surface area contributed by atoms with Crippen LogP contribution in [0.2, 0.25) is 0 Å². The van der Waals surface area contributed by atoms with Gasteiger partial charge in [0.25, 0.3) is 5.91 Å². The van der Waals surface area contributed by atoms with Crippen LogP contribution in [-0.4, -0.2) is 66.3 Å². The SMILES string of the molecule is CN(C)C(=O)C1CCCN1CC(=O)N1c2ccccc2NC(=O)C12CCCC2. The molecule has 7 heteroatoms. The van der Waals surface area contributed by atoms with Crippen LogP contribution in [0.5, 0.6) is 0 Å². The van der Waals surface area contributed by atoms with Gasteiger partial charge in [-0.05, 0) is 44.4 Å². The predicted molar refractivity (Wildman–Crippen MR) is 107 cm³/mol. The van der Waals surface area contributed by atoms with Gasteiger partial charge < -0.3 is 10.2 Å². The lowest BCUT2D eigenvalue weighted by molar-refractivity contribution is -0.134. The van der Waals surface area contributed by atoms with Crippen molar-refractivity contribution >= 4 is 29.1 Å². The van der Waals surface area contributed by atoms with Crippen LogP contribution in [0.15, 0.2) is 24.3 Å². The Hall–Kier alpha value is -2.41. The molecule has 1 N–H and O–H groups in total. The zero-order valence-electron chi connectivity index (χ0n) is 16.6. The molecule has 2 aliphatic heterocycles. The van der Waals surface area contributed by atoms with Crippen molar-refractivity contribution in [3.05, 3.63) is 24.3 Å². The van der Waals surface area contributed by atoms with Crippen molar-refractivity contribution < 1.29 is 14.4 Å². The van der Waals surface area contributed by atoms with Crippen molar-refractivity contribution in [1.82, 2.24) is 9.80 Å². The van der Waals surface area contributed by atoms with Crippen LogP contribution in [0.1, 0.15) is 38.5 Å². The molecule has 1 saturated heterocycles. The molecule has 2 heterocycles. The van der Waals surface area contributed by atoms with E-state index in [2.05, 4.69) is 5.32 Å². The molecule has 28 heavy (non-hydrogen) atoms. The highest BCUT2D eigenvalue weighted by molar-refractivity contribution is 6.15. The Balaban J connectivity index is 1.64. The predicted octanol–water partition coefficient (Wildman–Crippen LogP) is 1.84. The van der Waals surface area contributed by atoms with Crippen LogP contribution in [0, 0.1) is 0 Å². The highest BCUT2D eigenvalue weighted by Gasteiger charge is 2.52. The van der Waals surface area contributed by atoms with Crippen LogP contribution < -0.4 is 10.2 Å². The lowest BCUT2D eigenvalue weighted by atomic mass is 9.89. The van der Waals surface area contributed by atoms with Gasteiger partial charge in [-0.1, -0.05) is 25.0 Å². The third kappa shape index (κ3) is 2.98. The summed E-state index contributed by atoms with van der Waals surface area (Å²) < 4.78 is 0. The van der Waals surface area contributed by atoms with Gasteiger partial charge in [0.05, 0.1) is 24.0 Å². The summed E-state index contributed by atoms with van der Waals surface area (Å²) in [5.41, 5.74) is 0.649. The van der Waals surface area contributed by atoms with E-state index in [0.717, 1.165) is 37.9 Å². The number of fused-ring (bicyclic) bond motifs is 1. The van der Waals surface area contributed by atoms with E-state index >= 15 is 0 Å². The number of carbonyl (C=O) groups excluding carboxylic acids is 3. The molecule has 2 fully saturated rings. The van der Waals surface area contributed by atoms with Crippen LogP contribution >= 0.6 is 0 Å². The summed E-state index contributed by atoms with van der Waals surface area (Å²) in [6.07, 6.45) is 4.90. The van der Waals surface area contributed by atoms with Gasteiger partial charge in [-0.25, -0.2) is 0 Å². The van der Waals surface area contributed by atoms with Crippen molar-refractivity contribution in [1.29, 1.82) is 0 Å². The molecule has 1 aromatic rings. The number of hydrogen-bond acceptors (Lipinski definition) is 4. The van der Waals surface area contributed by atoms with Gasteiger partial charge in [-0.2, -0.15) is 0 Å². The largest absolute Gasteiger partial charge is 0.347 e. The lowest BCUT2D eigenvalue weighted by Crippen LogP contribution is -2.62. The minimum absolute atomic E-state index is 0.0395. The Morgan fingerprint density at radius 1 is 1.18 bits per heavy atom. The standard InChI is InChI=1S/C21H28N4O3/c1-23(2)19(27)17-10-7-13-24(17)14-18(26)25-16-9-4-3-8-15(16)22-20(28)21(25)11-5-6-12-21/h3-4,8-9,17H,5-7,10-14H2,1-2H3,(H,22,28). The summed E-state index contributed by atoms with van der Waals surface area (Å²) in [5, 5.41) is 3.01. The van der Waals surface area contributed by atoms with E-state index in [-0.39, 0.29) is 30.3 Å². The van der Waals surface area contributed by atoms with E-state index in [1.54, 1.807) is 23.9 Å². The van der Waals surface area contributed by atoms with Gasteiger partial charge in [0, 0.05) is 14.1 Å². The number of likely N-dealkylation sites (N-methyl/N-ethyl adjacent to an activating group) is 1. The molecule has 150 valence electrons. The fourth-order valence-electron chi connectivity index (χ4n) is 4.97. The van der Waals surface area contributed by atoms with E-state index in [9.17, 15) is 14.4 Å². The monoisotopic (exact) mass is 384 g/mol. The molecule has 1 spiro atoms. The van der Waals surface area contributed by atoms with Crippen molar-refractivity contribution in [2.45, 2.75) is 50.1 Å². The Morgan fingerprint density at radius 2 is 1.89 bits per heavy atom. The van der Waals surface area contributed by atoms with Crippen LogP contribution in [0.3, 0.4) is 0 Å². The molecule has 0 bridgehead atoms. The van der Waals surface area contributed by atoms with Gasteiger partial charge in [0.1, 0.15) is 5.54 Å². The molecule has 1 aliphatic carbocycles.